The number of rotatable bonds is 5. The van der Waals surface area contributed by atoms with Crippen LogP contribution in [0.1, 0.15) is 36.1 Å². The van der Waals surface area contributed by atoms with Gasteiger partial charge in [0, 0.05) is 11.3 Å². The topological polar surface area (TPSA) is 106 Å². The smallest absolute Gasteiger partial charge is 0.244 e. The summed E-state index contributed by atoms with van der Waals surface area (Å²) in [6.07, 6.45) is 1.70. The van der Waals surface area contributed by atoms with E-state index in [2.05, 4.69) is 23.2 Å². The average molecular weight is 340 g/mol. The summed E-state index contributed by atoms with van der Waals surface area (Å²) in [6, 6.07) is 7.68. The molecule has 0 spiro atoms. The zero-order valence-corrected chi connectivity index (χ0v) is 14.4. The Labute approximate surface area is 146 Å². The molecule has 0 fully saturated rings. The Bertz CT molecular complexity index is 841. The highest BCUT2D eigenvalue weighted by molar-refractivity contribution is 5.62. The van der Waals surface area contributed by atoms with Crippen LogP contribution in [0.2, 0.25) is 0 Å². The maximum atomic E-state index is 9.72. The molecule has 3 N–H and O–H groups in total. The van der Waals surface area contributed by atoms with Gasteiger partial charge in [0.2, 0.25) is 11.8 Å². The van der Waals surface area contributed by atoms with Crippen molar-refractivity contribution in [3.8, 4) is 23.4 Å². The number of aromatic nitrogens is 2. The highest BCUT2D eigenvalue weighted by Gasteiger charge is 2.38. The predicted octanol–water partition coefficient (Wildman–Crippen LogP) is 2.60. The second kappa shape index (κ2) is 6.77. The van der Waals surface area contributed by atoms with Gasteiger partial charge in [-0.2, -0.15) is 5.26 Å². The van der Waals surface area contributed by atoms with Crippen molar-refractivity contribution in [1.82, 2.24) is 10.2 Å². The van der Waals surface area contributed by atoms with Gasteiger partial charge in [0.1, 0.15) is 23.1 Å². The van der Waals surface area contributed by atoms with Crippen molar-refractivity contribution >= 4 is 0 Å². The second-order valence-electron chi connectivity index (χ2n) is 5.67. The lowest BCUT2D eigenvalue weighted by atomic mass is 9.82. The molecule has 2 heterocycles. The molecule has 1 atom stereocenters. The minimum absolute atomic E-state index is 0.0440. The number of nitrogens with two attached hydrogens (primary N) is 1. The predicted molar refractivity (Wildman–Crippen MR) is 91.4 cm³/mol. The largest absolute Gasteiger partial charge is 0.496 e. The fraction of sp³-hybridized carbons (Fsp3) is 0.333. The first-order chi connectivity index (χ1) is 12.2. The van der Waals surface area contributed by atoms with Crippen molar-refractivity contribution in [2.75, 3.05) is 14.2 Å². The van der Waals surface area contributed by atoms with E-state index in [0.717, 1.165) is 29.7 Å². The van der Waals surface area contributed by atoms with E-state index in [1.54, 1.807) is 14.2 Å². The molecule has 1 aliphatic rings. The summed E-state index contributed by atoms with van der Waals surface area (Å²) in [6.45, 7) is 2.07. The Morgan fingerprint density at radius 3 is 2.52 bits per heavy atom. The van der Waals surface area contributed by atoms with Gasteiger partial charge >= 0.3 is 0 Å². The Kier molecular flexibility index (Phi) is 4.52. The van der Waals surface area contributed by atoms with Gasteiger partial charge in [0.15, 0.2) is 0 Å². The van der Waals surface area contributed by atoms with Gasteiger partial charge in [0.05, 0.1) is 25.7 Å². The molecule has 0 bridgehead atoms. The summed E-state index contributed by atoms with van der Waals surface area (Å²) in [7, 11) is 3.17. The van der Waals surface area contributed by atoms with Crippen molar-refractivity contribution in [2.24, 2.45) is 5.73 Å². The number of nitriles is 1. The number of aryl methyl sites for hydroxylation is 1. The highest BCUT2D eigenvalue weighted by Crippen LogP contribution is 2.48. The number of allylic oxidation sites excluding steroid dienone is 1. The molecular weight excluding hydrogens is 320 g/mol. The minimum Gasteiger partial charge on any atom is -0.496 e. The van der Waals surface area contributed by atoms with Gasteiger partial charge < -0.3 is 19.9 Å². The maximum Gasteiger partial charge on any atom is 0.244 e. The van der Waals surface area contributed by atoms with Crippen molar-refractivity contribution in [3.05, 3.63) is 46.5 Å². The molecule has 1 aliphatic heterocycles. The summed E-state index contributed by atoms with van der Waals surface area (Å²) in [4.78, 5) is 0. The number of H-pyrrole nitrogens is 1. The summed E-state index contributed by atoms with van der Waals surface area (Å²) in [5.74, 6) is 1.18. The number of aromatic amines is 1. The van der Waals surface area contributed by atoms with E-state index in [9.17, 15) is 5.26 Å². The number of benzene rings is 1. The highest BCUT2D eigenvalue weighted by atomic mass is 16.5. The van der Waals surface area contributed by atoms with Crippen LogP contribution in [0.4, 0.5) is 0 Å². The number of fused-ring (bicyclic) bond motifs is 1. The lowest BCUT2D eigenvalue weighted by molar-refractivity contribution is 0.365. The molecule has 0 amide bonds. The zero-order chi connectivity index (χ0) is 18.0. The van der Waals surface area contributed by atoms with Crippen LogP contribution in [0.3, 0.4) is 0 Å². The molecule has 130 valence electrons. The van der Waals surface area contributed by atoms with Gasteiger partial charge in [-0.3, -0.25) is 5.10 Å². The first kappa shape index (κ1) is 16.7. The molecule has 1 unspecified atom stereocenters. The second-order valence-corrected chi connectivity index (χ2v) is 5.67. The number of hydrogen-bond acceptors (Lipinski definition) is 6. The van der Waals surface area contributed by atoms with E-state index in [1.165, 1.54) is 0 Å². The first-order valence-corrected chi connectivity index (χ1v) is 8.01. The monoisotopic (exact) mass is 340 g/mol. The average Bonchev–Trinajstić information content (AvgIpc) is 3.02. The molecule has 7 heteroatoms. The molecule has 3 rings (SSSR count). The Hall–Kier alpha value is -3.14. The Morgan fingerprint density at radius 2 is 1.96 bits per heavy atom. The third-order valence-electron chi connectivity index (χ3n) is 4.27. The fourth-order valence-corrected chi connectivity index (χ4v) is 3.20. The standard InChI is InChI=1S/C18H20N4O3/c1-4-6-11-15-14(10(9-19)17(20)25-18(15)22-21-11)16-12(23-2)7-5-8-13(16)24-3/h5,7-8,14H,4,6,20H2,1-3H3,(H,21,22). The Morgan fingerprint density at radius 1 is 1.28 bits per heavy atom. The summed E-state index contributed by atoms with van der Waals surface area (Å²) >= 11 is 0. The minimum atomic E-state index is -0.472. The number of hydrogen-bond donors (Lipinski definition) is 2. The fourth-order valence-electron chi connectivity index (χ4n) is 3.20. The van der Waals surface area contributed by atoms with Crippen LogP contribution >= 0.6 is 0 Å². The SMILES string of the molecule is CCCc1[nH]nc2c1C(c1c(OC)cccc1OC)C(C#N)=C(N)O2. The van der Waals surface area contributed by atoms with E-state index < -0.39 is 5.92 Å². The number of methoxy groups -OCH3 is 2. The third-order valence-corrected chi connectivity index (χ3v) is 4.27. The van der Waals surface area contributed by atoms with Gasteiger partial charge in [0.25, 0.3) is 0 Å². The van der Waals surface area contributed by atoms with Gasteiger partial charge in [-0.15, -0.1) is 5.10 Å². The van der Waals surface area contributed by atoms with Gasteiger partial charge in [-0.25, -0.2) is 0 Å². The molecule has 0 saturated heterocycles. The quantitative estimate of drug-likeness (QED) is 0.866. The molecular formula is C18H20N4O3. The zero-order valence-electron chi connectivity index (χ0n) is 14.4. The van der Waals surface area contributed by atoms with E-state index >= 15 is 0 Å². The van der Waals surface area contributed by atoms with E-state index in [0.29, 0.717) is 23.0 Å². The molecule has 1 aromatic heterocycles. The number of nitrogens with zero attached hydrogens (tertiary/aromatic N) is 2. The van der Waals surface area contributed by atoms with Crippen LogP contribution < -0.4 is 19.9 Å². The summed E-state index contributed by atoms with van der Waals surface area (Å²) < 4.78 is 16.6. The van der Waals surface area contributed by atoms with Gasteiger partial charge in [-0.05, 0) is 18.6 Å². The van der Waals surface area contributed by atoms with E-state index in [-0.39, 0.29) is 5.88 Å². The molecule has 0 radical (unpaired) electrons. The van der Waals surface area contributed by atoms with E-state index in [4.69, 9.17) is 19.9 Å². The van der Waals surface area contributed by atoms with Gasteiger partial charge in [-0.1, -0.05) is 19.4 Å². The molecule has 2 aromatic rings. The van der Waals surface area contributed by atoms with Crippen molar-refractivity contribution in [2.45, 2.75) is 25.7 Å². The van der Waals surface area contributed by atoms with Crippen molar-refractivity contribution in [1.29, 1.82) is 5.26 Å². The number of nitrogens with one attached hydrogen (secondary N) is 1. The summed E-state index contributed by atoms with van der Waals surface area (Å²) in [5.41, 5.74) is 8.76. The van der Waals surface area contributed by atoms with Crippen molar-refractivity contribution < 1.29 is 14.2 Å². The van der Waals surface area contributed by atoms with Crippen LogP contribution in [0.15, 0.2) is 29.7 Å². The van der Waals surface area contributed by atoms with Crippen LogP contribution in [-0.4, -0.2) is 24.4 Å². The third kappa shape index (κ3) is 2.66. The molecule has 25 heavy (non-hydrogen) atoms. The van der Waals surface area contributed by atoms with Crippen LogP contribution in [-0.2, 0) is 6.42 Å². The lowest BCUT2D eigenvalue weighted by Crippen LogP contribution is -2.22. The van der Waals surface area contributed by atoms with Crippen LogP contribution in [0, 0.1) is 11.3 Å². The maximum absolute atomic E-state index is 9.72. The molecule has 1 aromatic carbocycles. The first-order valence-electron chi connectivity index (χ1n) is 8.01. The number of ether oxygens (including phenoxy) is 3. The van der Waals surface area contributed by atoms with Crippen molar-refractivity contribution in [3.63, 3.8) is 0 Å². The summed E-state index contributed by atoms with van der Waals surface area (Å²) in [5, 5.41) is 17.0. The molecule has 7 nitrogen and oxygen atoms in total. The molecule has 0 saturated carbocycles. The lowest BCUT2D eigenvalue weighted by Gasteiger charge is -2.26. The van der Waals surface area contributed by atoms with Crippen LogP contribution in [0.5, 0.6) is 17.4 Å². The van der Waals surface area contributed by atoms with Crippen LogP contribution in [0.25, 0.3) is 0 Å². The molecule has 0 aliphatic carbocycles. The Balaban J connectivity index is 2.31. The normalized spacial score (nSPS) is 16.0. The van der Waals surface area contributed by atoms with E-state index in [1.807, 2.05) is 18.2 Å².